The molecule has 2 bridgehead atoms. The Morgan fingerprint density at radius 1 is 0.767 bits per heavy atom. The van der Waals surface area contributed by atoms with Crippen LogP contribution in [-0.2, 0) is 71.3 Å². The van der Waals surface area contributed by atoms with Crippen LogP contribution in [0.4, 0.5) is 4.79 Å². The van der Waals surface area contributed by atoms with Crippen LogP contribution in [0.5, 0.6) is 0 Å². The van der Waals surface area contributed by atoms with Crippen LogP contribution in [0.1, 0.15) is 134 Å². The lowest BCUT2D eigenvalue weighted by molar-refractivity contribution is -0.323. The molecule has 5 aliphatic heterocycles. The molecular formula is C64H92N2O20. The van der Waals surface area contributed by atoms with Gasteiger partial charge in [0.15, 0.2) is 42.6 Å². The van der Waals surface area contributed by atoms with Crippen molar-refractivity contribution in [1.29, 1.82) is 0 Å². The van der Waals surface area contributed by atoms with Crippen LogP contribution in [-0.4, -0.2) is 173 Å². The highest BCUT2D eigenvalue weighted by atomic mass is 16.7. The molecule has 26 atom stereocenters. The summed E-state index contributed by atoms with van der Waals surface area (Å²) in [5.41, 5.74) is 3.68. The summed E-state index contributed by atoms with van der Waals surface area (Å²) in [4.78, 5) is 67.9. The summed E-state index contributed by atoms with van der Waals surface area (Å²) >= 11 is 0. The minimum absolute atomic E-state index is 0.0839. The van der Waals surface area contributed by atoms with Gasteiger partial charge >= 0.3 is 18.0 Å². The highest BCUT2D eigenvalue weighted by Crippen LogP contribution is 2.61. The first kappa shape index (κ1) is 65.7. The second-order valence-corrected chi connectivity index (χ2v) is 26.4. The first-order valence-electron chi connectivity index (χ1n) is 30.7. The average molecular weight is 1210 g/mol. The van der Waals surface area contributed by atoms with Crippen LogP contribution in [0.25, 0.3) is 0 Å². The summed E-state index contributed by atoms with van der Waals surface area (Å²) in [6, 6.07) is -0.634. The third kappa shape index (κ3) is 13.2. The molecule has 86 heavy (non-hydrogen) atoms. The Kier molecular flexibility index (Phi) is 19.9. The quantitative estimate of drug-likeness (QED) is 0.0424. The number of amides is 1. The van der Waals surface area contributed by atoms with Gasteiger partial charge in [0.05, 0.1) is 74.0 Å². The topological polar surface area (TPSA) is 306 Å². The van der Waals surface area contributed by atoms with Gasteiger partial charge in [-0.15, -0.1) is 0 Å². The summed E-state index contributed by atoms with van der Waals surface area (Å²) in [5, 5.41) is 48.9. The Morgan fingerprint density at radius 2 is 1.44 bits per heavy atom. The van der Waals surface area contributed by atoms with Gasteiger partial charge in [-0.2, -0.15) is 0 Å². The van der Waals surface area contributed by atoms with Crippen LogP contribution >= 0.6 is 0 Å². The van der Waals surface area contributed by atoms with Gasteiger partial charge in [0.25, 0.3) is 0 Å². The third-order valence-electron chi connectivity index (χ3n) is 19.9. The zero-order valence-corrected chi connectivity index (χ0v) is 51.9. The van der Waals surface area contributed by atoms with Gasteiger partial charge in [0.2, 0.25) is 5.78 Å². The lowest BCUT2D eigenvalue weighted by atomic mass is 9.49. The van der Waals surface area contributed by atoms with Crippen LogP contribution in [0.2, 0.25) is 0 Å². The van der Waals surface area contributed by atoms with Crippen LogP contribution in [0.3, 0.4) is 0 Å². The number of carbonyl (C=O) groups excluding carboxylic acids is 5. The number of rotatable bonds is 12. The van der Waals surface area contributed by atoms with E-state index in [2.05, 4.69) is 25.2 Å². The summed E-state index contributed by atoms with van der Waals surface area (Å²) in [5.74, 6) is -6.02. The second-order valence-electron chi connectivity index (χ2n) is 26.4. The Labute approximate surface area is 504 Å². The average Bonchev–Trinajstić information content (AvgIpc) is 1.33. The van der Waals surface area contributed by atoms with Crippen molar-refractivity contribution in [2.45, 2.75) is 250 Å². The molecule has 0 radical (unpaired) electrons. The molecule has 7 N–H and O–H groups in total. The number of alkyl carbamates (subject to hydrolysis) is 1. The fourth-order valence-electron chi connectivity index (χ4n) is 15.6. The van der Waals surface area contributed by atoms with Gasteiger partial charge in [0.1, 0.15) is 23.5 Å². The Hall–Kier alpha value is -4.69. The number of allylic oxidation sites excluding steroid dienone is 5. The number of carbonyl (C=O) groups is 5. The second kappa shape index (κ2) is 26.0. The Morgan fingerprint density at radius 3 is 2.10 bits per heavy atom. The predicted octanol–water partition coefficient (Wildman–Crippen LogP) is 6.08. The molecule has 9 rings (SSSR count). The summed E-state index contributed by atoms with van der Waals surface area (Å²) < 4.78 is 69.3. The number of aliphatic hydroxyl groups excluding tert-OH is 4. The number of nitrogens with two attached hydrogens (primary N) is 1. The largest absolute Gasteiger partial charge is 0.511 e. The standard InChI is InChI=1S/C64H92N2O20/c1-29-14-19-45(82-51-28-62(11,65)57(37(9)80-51)66-61(75)76-13)30(2)23-42-43(69)24-39(16-15-33(5)67)27-64(42)59(73)52(60(74)86-64)58(72)63(12)41(29)18-17-40-53(63)31(3)22-32(4)55(40)85-50-26-47(56(36(8)79-50)81-38(10)68)84-48-21-20-46(34(6)77-48)83-49-25-44(70)54(71)35(7)78-49/h14-18,23-24,31-32,34-37,40-51,53-57,69-72H,19-22,25-28,65H2,1-13H3,(H,66,75)/b16-15+,29-14+,30-23+,58-52?/t31-,32-,34-,35-,36-,37+,40-,41-,42+,43-,44+,45-,46+,47+,48-,49+,50-,51-,53+,54-,55-,56-,57-,62-,63+,64-/m0/s1. The molecule has 0 aromatic heterocycles. The molecule has 1 spiro atoms. The van der Waals surface area contributed by atoms with E-state index < -0.39 is 180 Å². The number of methoxy groups -OCH3 is 1. The van der Waals surface area contributed by atoms with Crippen LogP contribution < -0.4 is 11.1 Å². The predicted molar refractivity (Wildman–Crippen MR) is 308 cm³/mol. The van der Waals surface area contributed by atoms with E-state index in [1.165, 1.54) is 39.2 Å². The van der Waals surface area contributed by atoms with Crippen molar-refractivity contribution in [1.82, 2.24) is 5.32 Å². The molecule has 5 saturated heterocycles. The van der Waals surface area contributed by atoms with Gasteiger partial charge in [0, 0.05) is 61.8 Å². The fourth-order valence-corrected chi connectivity index (χ4v) is 15.6. The van der Waals surface area contributed by atoms with Crippen molar-refractivity contribution in [3.05, 3.63) is 70.6 Å². The van der Waals surface area contributed by atoms with Crippen LogP contribution in [0.15, 0.2) is 70.6 Å². The number of ketones is 2. The number of nitrogens with one attached hydrogen (secondary N) is 1. The van der Waals surface area contributed by atoms with E-state index >= 15 is 4.79 Å². The lowest BCUT2D eigenvalue weighted by Gasteiger charge is -2.56. The number of fused-ring (bicyclic) bond motifs is 4. The van der Waals surface area contributed by atoms with E-state index in [-0.39, 0.29) is 49.7 Å². The molecular weight excluding hydrogens is 1120 g/mol. The van der Waals surface area contributed by atoms with Crippen molar-refractivity contribution in [2.24, 2.45) is 46.7 Å². The maximum absolute atomic E-state index is 15.7. The maximum atomic E-state index is 15.7. The summed E-state index contributed by atoms with van der Waals surface area (Å²) in [6.45, 7) is 21.5. The monoisotopic (exact) mass is 1210 g/mol. The molecule has 9 aliphatic rings. The molecule has 1 saturated carbocycles. The molecule has 0 aromatic rings. The minimum Gasteiger partial charge on any atom is -0.511 e. The van der Waals surface area contributed by atoms with E-state index in [0.29, 0.717) is 30.4 Å². The van der Waals surface area contributed by atoms with E-state index in [4.69, 9.17) is 57.8 Å². The van der Waals surface area contributed by atoms with Crippen molar-refractivity contribution in [3.8, 4) is 0 Å². The first-order chi connectivity index (χ1) is 40.4. The Balaban J connectivity index is 1.04. The highest BCUT2D eigenvalue weighted by molar-refractivity contribution is 6.26. The van der Waals surface area contributed by atoms with Gasteiger partial charge in [-0.05, 0) is 110 Å². The molecule has 22 heteroatoms. The third-order valence-corrected chi connectivity index (χ3v) is 19.9. The maximum Gasteiger partial charge on any atom is 0.407 e. The SMILES string of the molecule is COC(=O)N[C@H]1[C@@H](C)O[C@@H](O[C@H]2C/C=C(\C)[C@@H]3C=C[C@@H]4[C@@H](O[C@H]5C[C@@H](O[C@H]6CC[C@@H](O[C@@H]7C[C@@H](O)[C@@H](O)[C@H](C)O7)[C@H](C)O6)[C@@H](OC(C)=O)[C@H](C)O5)[C@@H](C)C[C@H](C)[C@H]4[C@]3(C)C(O)=C3C(=O)O[C@]4(CC(/C=C/C(C)=O)=C[C@H](O)[C@H]4/C=C/2C)C3=O)C[C@]1(C)N. The molecule has 22 nitrogen and oxygen atoms in total. The van der Waals surface area contributed by atoms with Gasteiger partial charge in [-0.25, -0.2) is 9.59 Å². The zero-order chi connectivity index (χ0) is 62.6. The molecule has 1 amide bonds. The normalized spacial score (nSPS) is 46.8. The number of esters is 2. The molecule has 478 valence electrons. The van der Waals surface area contributed by atoms with Gasteiger partial charge in [-0.1, -0.05) is 62.8 Å². The van der Waals surface area contributed by atoms with E-state index in [1.54, 1.807) is 40.7 Å². The van der Waals surface area contributed by atoms with Gasteiger partial charge < -0.3 is 83.6 Å². The van der Waals surface area contributed by atoms with Crippen molar-refractivity contribution in [2.75, 3.05) is 7.11 Å². The first-order valence-corrected chi connectivity index (χ1v) is 30.7. The summed E-state index contributed by atoms with van der Waals surface area (Å²) in [6.07, 6.45) is 1.20. The molecule has 4 aliphatic carbocycles. The fraction of sp³-hybridized carbons (Fsp3) is 0.734. The van der Waals surface area contributed by atoms with Crippen molar-refractivity contribution >= 4 is 29.6 Å². The number of hydrogen-bond acceptors (Lipinski definition) is 21. The number of Topliss-reactive ketones (excluding diaryl/α,β-unsaturated/α-hetero) is 1. The summed E-state index contributed by atoms with van der Waals surface area (Å²) in [7, 11) is 1.26. The van der Waals surface area contributed by atoms with E-state index in [9.17, 15) is 39.6 Å². The van der Waals surface area contributed by atoms with Crippen LogP contribution in [0, 0.1) is 40.9 Å². The van der Waals surface area contributed by atoms with E-state index in [0.717, 1.165) is 5.57 Å². The van der Waals surface area contributed by atoms with Gasteiger partial charge in [-0.3, -0.25) is 14.4 Å². The molecule has 6 fully saturated rings. The van der Waals surface area contributed by atoms with Crippen molar-refractivity contribution < 1.29 is 96.5 Å². The lowest BCUT2D eigenvalue weighted by Crippen LogP contribution is -2.66. The van der Waals surface area contributed by atoms with Crippen molar-refractivity contribution in [3.63, 3.8) is 0 Å². The highest BCUT2D eigenvalue weighted by Gasteiger charge is 2.65. The molecule has 0 unspecified atom stereocenters. The number of aliphatic hydroxyl groups is 4. The smallest absolute Gasteiger partial charge is 0.407 e. The Bertz CT molecular complexity index is 2740. The van der Waals surface area contributed by atoms with E-state index in [1.807, 2.05) is 32.9 Å². The molecule has 5 heterocycles. The zero-order valence-electron chi connectivity index (χ0n) is 51.9. The number of hydrogen-bond donors (Lipinski definition) is 6. The molecule has 0 aromatic carbocycles. The minimum atomic E-state index is -2.06. The number of ether oxygens (including phenoxy) is 11.